The van der Waals surface area contributed by atoms with Crippen LogP contribution in [-0.2, 0) is 16.1 Å². The number of piperazine rings is 1. The maximum atomic E-state index is 12.9. The molecule has 0 bridgehead atoms. The van der Waals surface area contributed by atoms with Gasteiger partial charge < -0.3 is 9.80 Å². The first kappa shape index (κ1) is 18.9. The van der Waals surface area contributed by atoms with Crippen LogP contribution in [0.25, 0.3) is 0 Å². The number of pyridine rings is 1. The van der Waals surface area contributed by atoms with E-state index in [1.165, 1.54) is 5.56 Å². The van der Waals surface area contributed by atoms with Gasteiger partial charge in [-0.15, -0.1) is 0 Å². The molecule has 146 valence electrons. The summed E-state index contributed by atoms with van der Waals surface area (Å²) in [4.78, 5) is 35.4. The maximum Gasteiger partial charge on any atom is 0.228 e. The molecule has 1 unspecified atom stereocenters. The number of carbonyl (C=O) groups excluding carboxylic acids is 2. The van der Waals surface area contributed by atoms with Gasteiger partial charge in [0.1, 0.15) is 0 Å². The lowest BCUT2D eigenvalue weighted by Crippen LogP contribution is -2.50. The van der Waals surface area contributed by atoms with Crippen LogP contribution >= 0.6 is 11.6 Å². The molecule has 3 heterocycles. The summed E-state index contributed by atoms with van der Waals surface area (Å²) in [5.41, 5.74) is 1.94. The summed E-state index contributed by atoms with van der Waals surface area (Å²) in [5.74, 6) is -0.217. The predicted octanol–water partition coefficient (Wildman–Crippen LogP) is 2.43. The average Bonchev–Trinajstić information content (AvgIpc) is 3.10. The zero-order valence-corrected chi connectivity index (χ0v) is 16.4. The Bertz CT molecular complexity index is 852. The Balaban J connectivity index is 1.32. The van der Waals surface area contributed by atoms with Crippen molar-refractivity contribution in [3.8, 4) is 0 Å². The van der Waals surface area contributed by atoms with E-state index in [4.69, 9.17) is 11.6 Å². The van der Waals surface area contributed by atoms with Crippen molar-refractivity contribution in [2.45, 2.75) is 13.0 Å². The van der Waals surface area contributed by atoms with E-state index in [0.29, 0.717) is 24.7 Å². The van der Waals surface area contributed by atoms with E-state index >= 15 is 0 Å². The normalized spacial score (nSPS) is 20.6. The van der Waals surface area contributed by atoms with Gasteiger partial charge in [-0.25, -0.2) is 0 Å². The quantitative estimate of drug-likeness (QED) is 0.793. The summed E-state index contributed by atoms with van der Waals surface area (Å²) in [6.07, 6.45) is 3.92. The molecule has 0 N–H and O–H groups in total. The minimum Gasteiger partial charge on any atom is -0.340 e. The second kappa shape index (κ2) is 8.29. The number of carbonyl (C=O) groups is 2. The molecule has 2 aliphatic heterocycles. The monoisotopic (exact) mass is 398 g/mol. The van der Waals surface area contributed by atoms with Crippen molar-refractivity contribution in [1.82, 2.24) is 14.8 Å². The van der Waals surface area contributed by atoms with Crippen LogP contribution in [0, 0.1) is 5.92 Å². The van der Waals surface area contributed by atoms with Crippen molar-refractivity contribution < 1.29 is 9.59 Å². The molecular formula is C21H23ClN4O2. The van der Waals surface area contributed by atoms with Crippen LogP contribution in [0.4, 0.5) is 5.69 Å². The molecule has 2 aromatic rings. The summed E-state index contributed by atoms with van der Waals surface area (Å²) in [6.45, 7) is 4.33. The van der Waals surface area contributed by atoms with Gasteiger partial charge in [0.15, 0.2) is 0 Å². The lowest BCUT2D eigenvalue weighted by atomic mass is 10.1. The molecule has 0 saturated carbocycles. The van der Waals surface area contributed by atoms with Gasteiger partial charge in [0.25, 0.3) is 0 Å². The first-order valence-corrected chi connectivity index (χ1v) is 9.94. The van der Waals surface area contributed by atoms with E-state index < -0.39 is 0 Å². The highest BCUT2D eigenvalue weighted by Gasteiger charge is 2.37. The second-order valence-corrected chi connectivity index (χ2v) is 7.78. The molecule has 1 aromatic heterocycles. The minimum atomic E-state index is -0.281. The van der Waals surface area contributed by atoms with Crippen LogP contribution in [0.1, 0.15) is 12.0 Å². The number of aromatic nitrogens is 1. The van der Waals surface area contributed by atoms with Crippen LogP contribution in [0.15, 0.2) is 48.8 Å². The van der Waals surface area contributed by atoms with Crippen LogP contribution in [0.5, 0.6) is 0 Å². The zero-order valence-electron chi connectivity index (χ0n) is 15.6. The minimum absolute atomic E-state index is 0.0177. The molecule has 6 nitrogen and oxygen atoms in total. The lowest BCUT2D eigenvalue weighted by Gasteiger charge is -2.35. The molecule has 0 radical (unpaired) electrons. The van der Waals surface area contributed by atoms with Gasteiger partial charge in [0.2, 0.25) is 11.8 Å². The van der Waals surface area contributed by atoms with Crippen molar-refractivity contribution in [2.75, 3.05) is 37.6 Å². The third-order valence-electron chi connectivity index (χ3n) is 5.41. The van der Waals surface area contributed by atoms with E-state index in [2.05, 4.69) is 16.0 Å². The molecule has 1 aromatic carbocycles. The Labute approximate surface area is 169 Å². The molecule has 2 amide bonds. The van der Waals surface area contributed by atoms with Gasteiger partial charge in [0.05, 0.1) is 5.92 Å². The number of nitrogens with zero attached hydrogens (tertiary/aromatic N) is 4. The molecular weight excluding hydrogens is 376 g/mol. The van der Waals surface area contributed by atoms with Crippen LogP contribution < -0.4 is 4.90 Å². The van der Waals surface area contributed by atoms with Gasteiger partial charge in [-0.3, -0.25) is 19.5 Å². The predicted molar refractivity (Wildman–Crippen MR) is 108 cm³/mol. The first-order chi connectivity index (χ1) is 13.6. The van der Waals surface area contributed by atoms with E-state index in [1.807, 2.05) is 29.3 Å². The Kier molecular flexibility index (Phi) is 5.59. The van der Waals surface area contributed by atoms with Crippen molar-refractivity contribution in [2.24, 2.45) is 5.92 Å². The Morgan fingerprint density at radius 2 is 1.96 bits per heavy atom. The fourth-order valence-electron chi connectivity index (χ4n) is 3.90. The summed E-state index contributed by atoms with van der Waals surface area (Å²) < 4.78 is 0. The number of amides is 2. The molecule has 1 atom stereocenters. The van der Waals surface area contributed by atoms with Crippen LogP contribution in [0.2, 0.25) is 5.02 Å². The molecule has 7 heteroatoms. The highest BCUT2D eigenvalue weighted by molar-refractivity contribution is 6.31. The number of hydrogen-bond acceptors (Lipinski definition) is 4. The average molecular weight is 399 g/mol. The summed E-state index contributed by atoms with van der Waals surface area (Å²) in [7, 11) is 0. The first-order valence-electron chi connectivity index (χ1n) is 9.56. The van der Waals surface area contributed by atoms with Crippen molar-refractivity contribution in [3.05, 3.63) is 59.4 Å². The van der Waals surface area contributed by atoms with E-state index in [9.17, 15) is 9.59 Å². The topological polar surface area (TPSA) is 56.8 Å². The van der Waals surface area contributed by atoms with E-state index in [0.717, 1.165) is 25.3 Å². The summed E-state index contributed by atoms with van der Waals surface area (Å²) in [6, 6.07) is 11.2. The van der Waals surface area contributed by atoms with E-state index in [-0.39, 0.29) is 24.2 Å². The SMILES string of the molecule is O=C(C1CC(=O)N(c2cccc(Cl)c2)C1)N1CCN(Cc2cccnc2)CC1. The molecule has 0 spiro atoms. The highest BCUT2D eigenvalue weighted by Crippen LogP contribution is 2.28. The van der Waals surface area contributed by atoms with Gasteiger partial charge in [0, 0.05) is 68.8 Å². The molecule has 2 fully saturated rings. The Morgan fingerprint density at radius 1 is 1.14 bits per heavy atom. The van der Waals surface area contributed by atoms with Crippen LogP contribution in [-0.4, -0.2) is 59.3 Å². The van der Waals surface area contributed by atoms with Gasteiger partial charge in [-0.1, -0.05) is 23.7 Å². The lowest BCUT2D eigenvalue weighted by molar-refractivity contribution is -0.137. The number of hydrogen-bond donors (Lipinski definition) is 0. The fourth-order valence-corrected chi connectivity index (χ4v) is 4.09. The maximum absolute atomic E-state index is 12.9. The molecule has 2 saturated heterocycles. The summed E-state index contributed by atoms with van der Waals surface area (Å²) in [5, 5.41) is 0.588. The largest absolute Gasteiger partial charge is 0.340 e. The Hall–Kier alpha value is -2.44. The van der Waals surface area contributed by atoms with E-state index in [1.54, 1.807) is 23.2 Å². The highest BCUT2D eigenvalue weighted by atomic mass is 35.5. The smallest absolute Gasteiger partial charge is 0.228 e. The summed E-state index contributed by atoms with van der Waals surface area (Å²) >= 11 is 6.04. The molecule has 2 aliphatic rings. The molecule has 4 rings (SSSR count). The molecule has 0 aliphatic carbocycles. The molecule has 28 heavy (non-hydrogen) atoms. The number of halogens is 1. The number of rotatable bonds is 4. The third kappa shape index (κ3) is 4.18. The van der Waals surface area contributed by atoms with Gasteiger partial charge in [-0.2, -0.15) is 0 Å². The Morgan fingerprint density at radius 3 is 2.68 bits per heavy atom. The van der Waals surface area contributed by atoms with Crippen molar-refractivity contribution in [3.63, 3.8) is 0 Å². The van der Waals surface area contributed by atoms with Crippen molar-refractivity contribution >= 4 is 29.1 Å². The standard InChI is InChI=1S/C21H23ClN4O2/c22-18-4-1-5-19(12-18)26-15-17(11-20(26)27)21(28)25-9-7-24(8-10-25)14-16-3-2-6-23-13-16/h1-6,12-13,17H,7-11,14-15H2. The fraction of sp³-hybridized carbons (Fsp3) is 0.381. The number of anilines is 1. The second-order valence-electron chi connectivity index (χ2n) is 7.35. The van der Waals surface area contributed by atoms with Crippen LogP contribution in [0.3, 0.4) is 0 Å². The third-order valence-corrected chi connectivity index (χ3v) is 5.64. The van der Waals surface area contributed by atoms with Gasteiger partial charge in [-0.05, 0) is 29.8 Å². The van der Waals surface area contributed by atoms with Crippen molar-refractivity contribution in [1.29, 1.82) is 0 Å². The zero-order chi connectivity index (χ0) is 19.5. The number of benzene rings is 1. The van der Waals surface area contributed by atoms with Gasteiger partial charge >= 0.3 is 0 Å².